The van der Waals surface area contributed by atoms with Crippen LogP contribution >= 0.6 is 0 Å². The maximum Gasteiger partial charge on any atom is 0.133 e. The Morgan fingerprint density at radius 2 is 2.00 bits per heavy atom. The summed E-state index contributed by atoms with van der Waals surface area (Å²) in [7, 11) is 1.58. The number of halogens is 1. The molecular formula is C12H17FO. The molecule has 2 heteroatoms. The van der Waals surface area contributed by atoms with Crippen LogP contribution in [0.5, 0.6) is 5.75 Å². The minimum atomic E-state index is -0.127. The first-order valence-electron chi connectivity index (χ1n) is 4.88. The SMILES string of the molecule is COc1ccc(C)c(F)c1CC(C)C. The van der Waals surface area contributed by atoms with Crippen molar-refractivity contribution in [2.75, 3.05) is 7.11 Å². The van der Waals surface area contributed by atoms with Crippen molar-refractivity contribution in [2.24, 2.45) is 5.92 Å². The van der Waals surface area contributed by atoms with E-state index in [1.165, 1.54) is 0 Å². The van der Waals surface area contributed by atoms with Gasteiger partial charge in [-0.25, -0.2) is 4.39 Å². The molecular weight excluding hydrogens is 179 g/mol. The number of rotatable bonds is 3. The summed E-state index contributed by atoms with van der Waals surface area (Å²) in [6.07, 6.45) is 0.719. The molecule has 0 saturated heterocycles. The van der Waals surface area contributed by atoms with Crippen molar-refractivity contribution >= 4 is 0 Å². The standard InChI is InChI=1S/C12H17FO/c1-8(2)7-10-11(14-4)6-5-9(3)12(10)13/h5-6,8H,7H2,1-4H3. The van der Waals surface area contributed by atoms with Gasteiger partial charge in [0.15, 0.2) is 0 Å². The number of methoxy groups -OCH3 is 1. The highest BCUT2D eigenvalue weighted by Gasteiger charge is 2.12. The molecule has 78 valence electrons. The van der Waals surface area contributed by atoms with Crippen LogP contribution in [0, 0.1) is 18.7 Å². The molecule has 14 heavy (non-hydrogen) atoms. The lowest BCUT2D eigenvalue weighted by Crippen LogP contribution is -2.02. The Balaban J connectivity index is 3.14. The zero-order valence-corrected chi connectivity index (χ0v) is 9.23. The summed E-state index contributed by atoms with van der Waals surface area (Å²) in [6.45, 7) is 5.92. The van der Waals surface area contributed by atoms with Crippen molar-refractivity contribution in [2.45, 2.75) is 27.2 Å². The maximum absolute atomic E-state index is 13.7. The fourth-order valence-corrected chi connectivity index (χ4v) is 1.51. The van der Waals surface area contributed by atoms with Crippen LogP contribution in [0.4, 0.5) is 4.39 Å². The van der Waals surface area contributed by atoms with E-state index in [1.54, 1.807) is 20.1 Å². The first-order chi connectivity index (χ1) is 6.56. The number of hydrogen-bond donors (Lipinski definition) is 0. The highest BCUT2D eigenvalue weighted by atomic mass is 19.1. The molecule has 0 heterocycles. The molecule has 0 fully saturated rings. The molecule has 1 aromatic carbocycles. The van der Waals surface area contributed by atoms with Gasteiger partial charge in [0.05, 0.1) is 7.11 Å². The molecule has 0 aromatic heterocycles. The second-order valence-electron chi connectivity index (χ2n) is 3.98. The molecule has 0 saturated carbocycles. The number of aryl methyl sites for hydroxylation is 1. The Kier molecular flexibility index (Phi) is 3.50. The van der Waals surface area contributed by atoms with Crippen molar-refractivity contribution in [1.29, 1.82) is 0 Å². The van der Waals surface area contributed by atoms with Gasteiger partial charge in [-0.3, -0.25) is 0 Å². The quantitative estimate of drug-likeness (QED) is 0.720. The zero-order chi connectivity index (χ0) is 10.7. The van der Waals surface area contributed by atoms with Crippen molar-refractivity contribution in [3.63, 3.8) is 0 Å². The molecule has 1 aromatic rings. The second kappa shape index (κ2) is 4.45. The molecule has 1 rings (SSSR count). The molecule has 0 amide bonds. The van der Waals surface area contributed by atoms with E-state index in [0.717, 1.165) is 6.42 Å². The van der Waals surface area contributed by atoms with Crippen LogP contribution in [-0.2, 0) is 6.42 Å². The summed E-state index contributed by atoms with van der Waals surface area (Å²) in [6, 6.07) is 3.58. The fourth-order valence-electron chi connectivity index (χ4n) is 1.51. The highest BCUT2D eigenvalue weighted by molar-refractivity contribution is 5.38. The average Bonchev–Trinajstić information content (AvgIpc) is 2.13. The first kappa shape index (κ1) is 11.0. The lowest BCUT2D eigenvalue weighted by Gasteiger charge is -2.12. The van der Waals surface area contributed by atoms with Gasteiger partial charge in [-0.1, -0.05) is 19.9 Å². The molecule has 0 atom stereocenters. The van der Waals surface area contributed by atoms with Gasteiger partial charge in [-0.2, -0.15) is 0 Å². The third-order valence-electron chi connectivity index (χ3n) is 2.23. The van der Waals surface area contributed by atoms with Crippen LogP contribution in [0.15, 0.2) is 12.1 Å². The largest absolute Gasteiger partial charge is 0.496 e. The van der Waals surface area contributed by atoms with Gasteiger partial charge in [-0.15, -0.1) is 0 Å². The summed E-state index contributed by atoms with van der Waals surface area (Å²) >= 11 is 0. The summed E-state index contributed by atoms with van der Waals surface area (Å²) in [5.41, 5.74) is 1.38. The Morgan fingerprint density at radius 3 is 2.50 bits per heavy atom. The van der Waals surface area contributed by atoms with Crippen LogP contribution in [0.2, 0.25) is 0 Å². The van der Waals surface area contributed by atoms with Crippen LogP contribution in [0.25, 0.3) is 0 Å². The molecule has 0 N–H and O–H groups in total. The smallest absolute Gasteiger partial charge is 0.133 e. The first-order valence-corrected chi connectivity index (χ1v) is 4.88. The van der Waals surface area contributed by atoms with E-state index in [2.05, 4.69) is 13.8 Å². The van der Waals surface area contributed by atoms with E-state index in [-0.39, 0.29) is 5.82 Å². The summed E-state index contributed by atoms with van der Waals surface area (Å²) in [5.74, 6) is 0.958. The Hall–Kier alpha value is -1.05. The van der Waals surface area contributed by atoms with E-state index in [9.17, 15) is 4.39 Å². The number of hydrogen-bond acceptors (Lipinski definition) is 1. The van der Waals surface area contributed by atoms with Gasteiger partial charge in [0, 0.05) is 5.56 Å². The topological polar surface area (TPSA) is 9.23 Å². The minimum absolute atomic E-state index is 0.127. The molecule has 0 spiro atoms. The summed E-state index contributed by atoms with van der Waals surface area (Å²) < 4.78 is 18.9. The average molecular weight is 196 g/mol. The van der Waals surface area contributed by atoms with Crippen molar-refractivity contribution in [3.05, 3.63) is 29.1 Å². The van der Waals surface area contributed by atoms with E-state index >= 15 is 0 Å². The molecule has 0 radical (unpaired) electrons. The van der Waals surface area contributed by atoms with E-state index in [0.29, 0.717) is 22.8 Å². The van der Waals surface area contributed by atoms with Crippen molar-refractivity contribution in [1.82, 2.24) is 0 Å². The molecule has 0 aliphatic rings. The Morgan fingerprint density at radius 1 is 1.36 bits per heavy atom. The third-order valence-corrected chi connectivity index (χ3v) is 2.23. The zero-order valence-electron chi connectivity index (χ0n) is 9.23. The monoisotopic (exact) mass is 196 g/mol. The lowest BCUT2D eigenvalue weighted by molar-refractivity contribution is 0.400. The van der Waals surface area contributed by atoms with E-state index < -0.39 is 0 Å². The highest BCUT2D eigenvalue weighted by Crippen LogP contribution is 2.26. The normalized spacial score (nSPS) is 10.7. The molecule has 1 nitrogen and oxygen atoms in total. The summed E-state index contributed by atoms with van der Waals surface area (Å²) in [5, 5.41) is 0. The number of benzene rings is 1. The van der Waals surface area contributed by atoms with Gasteiger partial charge in [0.1, 0.15) is 11.6 Å². The Bertz CT molecular complexity index is 318. The van der Waals surface area contributed by atoms with Gasteiger partial charge in [-0.05, 0) is 30.9 Å². The van der Waals surface area contributed by atoms with E-state index in [4.69, 9.17) is 4.74 Å². The molecule has 0 bridgehead atoms. The lowest BCUT2D eigenvalue weighted by atomic mass is 9.99. The molecule has 0 aliphatic carbocycles. The van der Waals surface area contributed by atoms with Gasteiger partial charge in [0.2, 0.25) is 0 Å². The number of ether oxygens (including phenoxy) is 1. The molecule has 0 unspecified atom stereocenters. The van der Waals surface area contributed by atoms with Gasteiger partial charge < -0.3 is 4.74 Å². The minimum Gasteiger partial charge on any atom is -0.496 e. The predicted molar refractivity (Wildman–Crippen MR) is 56.2 cm³/mol. The van der Waals surface area contributed by atoms with Gasteiger partial charge >= 0.3 is 0 Å². The third kappa shape index (κ3) is 2.25. The van der Waals surface area contributed by atoms with Crippen LogP contribution in [-0.4, -0.2) is 7.11 Å². The second-order valence-corrected chi connectivity index (χ2v) is 3.98. The summed E-state index contributed by atoms with van der Waals surface area (Å²) in [4.78, 5) is 0. The van der Waals surface area contributed by atoms with Crippen LogP contribution in [0.3, 0.4) is 0 Å². The van der Waals surface area contributed by atoms with E-state index in [1.807, 2.05) is 6.07 Å². The maximum atomic E-state index is 13.7. The van der Waals surface area contributed by atoms with Crippen molar-refractivity contribution in [3.8, 4) is 5.75 Å². The fraction of sp³-hybridized carbons (Fsp3) is 0.500. The van der Waals surface area contributed by atoms with Crippen LogP contribution in [0.1, 0.15) is 25.0 Å². The molecule has 0 aliphatic heterocycles. The van der Waals surface area contributed by atoms with Gasteiger partial charge in [0.25, 0.3) is 0 Å². The Labute approximate surface area is 84.9 Å². The van der Waals surface area contributed by atoms with Crippen molar-refractivity contribution < 1.29 is 9.13 Å². The van der Waals surface area contributed by atoms with Crippen LogP contribution < -0.4 is 4.74 Å². The predicted octanol–water partition coefficient (Wildman–Crippen LogP) is 3.34.